The first-order chi connectivity index (χ1) is 11.6. The van der Waals surface area contributed by atoms with Crippen molar-refractivity contribution in [3.63, 3.8) is 0 Å². The van der Waals surface area contributed by atoms with Crippen LogP contribution in [0.15, 0.2) is 23.3 Å². The molecule has 0 aliphatic carbocycles. The summed E-state index contributed by atoms with van der Waals surface area (Å²) in [6, 6.07) is 2.76. The third-order valence-electron chi connectivity index (χ3n) is 4.03. The summed E-state index contributed by atoms with van der Waals surface area (Å²) in [5, 5.41) is 3.22. The molecule has 0 atom stereocenters. The summed E-state index contributed by atoms with van der Waals surface area (Å²) in [6.07, 6.45) is 3.65. The van der Waals surface area contributed by atoms with Crippen molar-refractivity contribution in [2.75, 3.05) is 36.1 Å². The van der Waals surface area contributed by atoms with Crippen LogP contribution in [0, 0.1) is 5.82 Å². The number of nitrogens with two attached hydrogens (primary N) is 1. The average Bonchev–Trinajstić information content (AvgIpc) is 3.07. The van der Waals surface area contributed by atoms with Crippen molar-refractivity contribution in [1.82, 2.24) is 9.97 Å². The van der Waals surface area contributed by atoms with Crippen LogP contribution in [0.25, 0.3) is 11.6 Å². The van der Waals surface area contributed by atoms with Crippen molar-refractivity contribution in [2.24, 2.45) is 4.99 Å². The molecule has 1 aromatic carbocycles. The van der Waals surface area contributed by atoms with Crippen molar-refractivity contribution in [1.29, 1.82) is 0 Å². The van der Waals surface area contributed by atoms with Crippen LogP contribution < -0.4 is 16.0 Å². The first kappa shape index (κ1) is 14.9. The Hall–Kier alpha value is -2.67. The fourth-order valence-electron chi connectivity index (χ4n) is 2.89. The molecule has 0 radical (unpaired) electrons. The highest BCUT2D eigenvalue weighted by atomic mass is 35.5. The highest BCUT2D eigenvalue weighted by Gasteiger charge is 2.31. The molecule has 6 nitrogen and oxygen atoms in total. The molecule has 0 amide bonds. The second-order valence-electron chi connectivity index (χ2n) is 5.49. The fourth-order valence-corrected chi connectivity index (χ4v) is 3.15. The Balaban J connectivity index is 1.92. The molecular formula is C16H14ClFN6. The summed E-state index contributed by atoms with van der Waals surface area (Å²) in [5.74, 6) is 1.56. The second-order valence-corrected chi connectivity index (χ2v) is 5.90. The number of aromatic nitrogens is 2. The van der Waals surface area contributed by atoms with Gasteiger partial charge in [0.15, 0.2) is 0 Å². The van der Waals surface area contributed by atoms with Crippen LogP contribution in [0.3, 0.4) is 0 Å². The number of nitrogens with one attached hydrogen (secondary N) is 1. The third kappa shape index (κ3) is 2.20. The number of nitrogens with zero attached hydrogens (tertiary/aromatic N) is 4. The van der Waals surface area contributed by atoms with Crippen molar-refractivity contribution >= 4 is 46.5 Å². The van der Waals surface area contributed by atoms with Crippen LogP contribution in [-0.2, 0) is 0 Å². The van der Waals surface area contributed by atoms with E-state index in [2.05, 4.69) is 20.3 Å². The maximum atomic E-state index is 13.6. The highest BCUT2D eigenvalue weighted by molar-refractivity contribution is 6.40. The summed E-state index contributed by atoms with van der Waals surface area (Å²) < 4.78 is 13.6. The minimum absolute atomic E-state index is 0.0491. The molecule has 8 heteroatoms. The first-order valence-electron chi connectivity index (χ1n) is 7.42. The van der Waals surface area contributed by atoms with E-state index in [1.54, 1.807) is 13.2 Å². The maximum absolute atomic E-state index is 13.6. The van der Waals surface area contributed by atoms with E-state index < -0.39 is 5.82 Å². The lowest BCUT2D eigenvalue weighted by molar-refractivity contribution is 0.632. The van der Waals surface area contributed by atoms with E-state index in [1.165, 1.54) is 12.1 Å². The Morgan fingerprint density at radius 1 is 1.38 bits per heavy atom. The zero-order chi connectivity index (χ0) is 16.8. The van der Waals surface area contributed by atoms with E-state index in [9.17, 15) is 4.39 Å². The van der Waals surface area contributed by atoms with Gasteiger partial charge in [-0.25, -0.2) is 9.37 Å². The molecule has 24 heavy (non-hydrogen) atoms. The number of amidine groups is 1. The molecule has 2 aliphatic rings. The quantitative estimate of drug-likeness (QED) is 0.819. The number of aliphatic imine (C=N–C) groups is 1. The summed E-state index contributed by atoms with van der Waals surface area (Å²) in [4.78, 5) is 15.4. The smallest absolute Gasteiger partial charge is 0.224 e. The minimum atomic E-state index is -0.534. The summed E-state index contributed by atoms with van der Waals surface area (Å²) in [5.41, 5.74) is 8.05. The van der Waals surface area contributed by atoms with Gasteiger partial charge in [0.25, 0.3) is 0 Å². The molecule has 0 saturated heterocycles. The first-order valence-corrected chi connectivity index (χ1v) is 7.80. The van der Waals surface area contributed by atoms with Crippen molar-refractivity contribution < 1.29 is 4.39 Å². The van der Waals surface area contributed by atoms with Gasteiger partial charge >= 0.3 is 0 Å². The number of benzene rings is 1. The number of fused-ring (bicyclic) bond motifs is 3. The molecule has 0 bridgehead atoms. The van der Waals surface area contributed by atoms with Crippen LogP contribution in [0.1, 0.15) is 11.1 Å². The van der Waals surface area contributed by atoms with E-state index in [1.807, 2.05) is 11.0 Å². The summed E-state index contributed by atoms with van der Waals surface area (Å²) in [6.45, 7) is 1.37. The third-order valence-corrected chi connectivity index (χ3v) is 4.35. The highest BCUT2D eigenvalue weighted by Crippen LogP contribution is 2.38. The van der Waals surface area contributed by atoms with Gasteiger partial charge in [-0.05, 0) is 18.2 Å². The normalized spacial score (nSPS) is 15.5. The SMILES string of the molecule is CNc1ncc2c(n1)N1CCN=C1C(c1cc(N)c(F)cc1Cl)=C2. The van der Waals surface area contributed by atoms with E-state index in [0.717, 1.165) is 22.8 Å². The Morgan fingerprint density at radius 3 is 3.00 bits per heavy atom. The number of hydrogen-bond acceptors (Lipinski definition) is 6. The Kier molecular flexibility index (Phi) is 3.38. The van der Waals surface area contributed by atoms with E-state index in [4.69, 9.17) is 17.3 Å². The fraction of sp³-hybridized carbons (Fsp3) is 0.188. The number of anilines is 3. The lowest BCUT2D eigenvalue weighted by Crippen LogP contribution is -2.32. The molecular weight excluding hydrogens is 331 g/mol. The Labute approximate surface area is 142 Å². The minimum Gasteiger partial charge on any atom is -0.396 e. The van der Waals surface area contributed by atoms with Gasteiger partial charge in [0.2, 0.25) is 5.95 Å². The summed E-state index contributed by atoms with van der Waals surface area (Å²) >= 11 is 6.25. The van der Waals surface area contributed by atoms with Crippen LogP contribution in [0.2, 0.25) is 5.02 Å². The van der Waals surface area contributed by atoms with Gasteiger partial charge in [-0.2, -0.15) is 4.98 Å². The molecule has 0 saturated carbocycles. The van der Waals surface area contributed by atoms with Gasteiger partial charge in [-0.15, -0.1) is 0 Å². The largest absolute Gasteiger partial charge is 0.396 e. The molecule has 1 aromatic heterocycles. The van der Waals surface area contributed by atoms with Gasteiger partial charge in [-0.1, -0.05) is 11.6 Å². The zero-order valence-electron chi connectivity index (χ0n) is 12.8. The molecule has 2 aliphatic heterocycles. The number of hydrogen-bond donors (Lipinski definition) is 2. The monoisotopic (exact) mass is 344 g/mol. The molecule has 122 valence electrons. The molecule has 0 unspecified atom stereocenters. The number of nitrogen functional groups attached to an aromatic ring is 1. The van der Waals surface area contributed by atoms with E-state index in [-0.39, 0.29) is 5.69 Å². The van der Waals surface area contributed by atoms with Crippen molar-refractivity contribution in [3.8, 4) is 0 Å². The van der Waals surface area contributed by atoms with Gasteiger partial charge in [0.1, 0.15) is 17.5 Å². The molecule has 4 rings (SSSR count). The molecule has 2 aromatic rings. The molecule has 3 N–H and O–H groups in total. The van der Waals surface area contributed by atoms with Gasteiger partial charge in [-0.3, -0.25) is 4.99 Å². The van der Waals surface area contributed by atoms with Crippen LogP contribution in [0.4, 0.5) is 21.8 Å². The molecule has 0 spiro atoms. The zero-order valence-corrected chi connectivity index (χ0v) is 13.6. The Bertz CT molecular complexity index is 908. The van der Waals surface area contributed by atoms with E-state index >= 15 is 0 Å². The van der Waals surface area contributed by atoms with Crippen LogP contribution in [0.5, 0.6) is 0 Å². The van der Waals surface area contributed by atoms with Gasteiger partial charge in [0.05, 0.1) is 17.3 Å². The second kappa shape index (κ2) is 5.45. The molecule has 0 fully saturated rings. The topological polar surface area (TPSA) is 79.4 Å². The Morgan fingerprint density at radius 2 is 2.21 bits per heavy atom. The molecule has 3 heterocycles. The number of halogens is 2. The number of rotatable bonds is 2. The van der Waals surface area contributed by atoms with E-state index in [0.29, 0.717) is 29.6 Å². The van der Waals surface area contributed by atoms with Crippen molar-refractivity contribution in [3.05, 3.63) is 40.3 Å². The predicted octanol–water partition coefficient (Wildman–Crippen LogP) is 2.67. The maximum Gasteiger partial charge on any atom is 0.224 e. The lowest BCUT2D eigenvalue weighted by Gasteiger charge is -2.27. The van der Waals surface area contributed by atoms with Gasteiger partial charge in [0, 0.05) is 36.5 Å². The standard InChI is InChI=1S/C16H14ClFN6/c1-20-16-22-7-8-4-10(9-5-13(19)12(18)6-11(9)17)15-21-2-3-24(15)14(8)23-16/h4-7H,2-3,19H2,1H3,(H,20,22,23). The lowest BCUT2D eigenvalue weighted by atomic mass is 9.98. The van der Waals surface area contributed by atoms with Gasteiger partial charge < -0.3 is 16.0 Å². The average molecular weight is 345 g/mol. The van der Waals surface area contributed by atoms with Crippen LogP contribution in [-0.4, -0.2) is 35.9 Å². The predicted molar refractivity (Wildman–Crippen MR) is 94.9 cm³/mol. The summed E-state index contributed by atoms with van der Waals surface area (Å²) in [7, 11) is 1.77. The van der Waals surface area contributed by atoms with Crippen molar-refractivity contribution in [2.45, 2.75) is 0 Å². The van der Waals surface area contributed by atoms with Crippen LogP contribution >= 0.6 is 11.6 Å².